The van der Waals surface area contributed by atoms with Gasteiger partial charge in [0.15, 0.2) is 5.82 Å². The van der Waals surface area contributed by atoms with Gasteiger partial charge in [-0.1, -0.05) is 0 Å². The zero-order chi connectivity index (χ0) is 19.9. The molecule has 2 unspecified atom stereocenters. The number of anilines is 3. The molecule has 1 aromatic carbocycles. The normalized spacial score (nSPS) is 24.4. The minimum atomic E-state index is -0.647. The zero-order valence-corrected chi connectivity index (χ0v) is 16.3. The SMILES string of the molecule is CC1COCCN1c1nc(-c2ccc(N)c(N)c2)nc2c1COC2(C)CCO. The van der Waals surface area contributed by atoms with E-state index < -0.39 is 5.60 Å². The molecule has 4 rings (SSSR count). The number of aliphatic hydroxyl groups excluding tert-OH is 1. The Hall–Kier alpha value is -2.42. The highest BCUT2D eigenvalue weighted by molar-refractivity contribution is 5.72. The van der Waals surface area contributed by atoms with Crippen molar-refractivity contribution in [1.29, 1.82) is 0 Å². The third-order valence-electron chi connectivity index (χ3n) is 5.59. The lowest BCUT2D eigenvalue weighted by molar-refractivity contribution is -0.0410. The van der Waals surface area contributed by atoms with E-state index in [0.717, 1.165) is 29.2 Å². The quantitative estimate of drug-likeness (QED) is 0.680. The van der Waals surface area contributed by atoms with E-state index >= 15 is 0 Å². The van der Waals surface area contributed by atoms with Gasteiger partial charge in [0.1, 0.15) is 11.4 Å². The Kier molecular flexibility index (Phi) is 4.86. The average Bonchev–Trinajstić information content (AvgIpc) is 3.01. The van der Waals surface area contributed by atoms with E-state index in [1.165, 1.54) is 0 Å². The molecule has 2 aromatic rings. The average molecular weight is 385 g/mol. The molecule has 1 saturated heterocycles. The maximum atomic E-state index is 9.55. The number of benzene rings is 1. The van der Waals surface area contributed by atoms with Crippen LogP contribution < -0.4 is 16.4 Å². The number of nitrogens with zero attached hydrogens (tertiary/aromatic N) is 3. The van der Waals surface area contributed by atoms with Crippen LogP contribution in [-0.4, -0.2) is 47.5 Å². The molecule has 5 N–H and O–H groups in total. The zero-order valence-electron chi connectivity index (χ0n) is 16.3. The number of aromatic nitrogens is 2. The molecule has 8 nitrogen and oxygen atoms in total. The fraction of sp³-hybridized carbons (Fsp3) is 0.500. The van der Waals surface area contributed by atoms with Crippen LogP contribution in [0.1, 0.15) is 31.5 Å². The molecule has 1 fully saturated rings. The molecule has 2 atom stereocenters. The van der Waals surface area contributed by atoms with Crippen LogP contribution in [0.3, 0.4) is 0 Å². The first-order valence-corrected chi connectivity index (χ1v) is 9.59. The second-order valence-corrected chi connectivity index (χ2v) is 7.65. The van der Waals surface area contributed by atoms with Gasteiger partial charge in [-0.25, -0.2) is 9.97 Å². The molecule has 0 saturated carbocycles. The number of hydrogen-bond acceptors (Lipinski definition) is 8. The summed E-state index contributed by atoms with van der Waals surface area (Å²) in [7, 11) is 0. The standard InChI is InChI=1S/C20H27N5O3/c1-12-10-27-8-6-25(12)19-14-11-28-20(2,5-7-26)17(14)23-18(24-19)13-3-4-15(21)16(22)9-13/h3-4,9,12,26H,5-8,10-11,21-22H2,1-2H3. The van der Waals surface area contributed by atoms with Crippen molar-refractivity contribution in [2.75, 3.05) is 42.7 Å². The molecule has 1 aromatic heterocycles. The van der Waals surface area contributed by atoms with Crippen LogP contribution in [-0.2, 0) is 21.7 Å². The molecule has 0 bridgehead atoms. The van der Waals surface area contributed by atoms with E-state index in [4.69, 9.17) is 30.9 Å². The fourth-order valence-corrected chi connectivity index (χ4v) is 3.87. The highest BCUT2D eigenvalue weighted by Crippen LogP contribution is 2.42. The second-order valence-electron chi connectivity index (χ2n) is 7.65. The van der Waals surface area contributed by atoms with Gasteiger partial charge >= 0.3 is 0 Å². The molecule has 28 heavy (non-hydrogen) atoms. The highest BCUT2D eigenvalue weighted by atomic mass is 16.5. The van der Waals surface area contributed by atoms with Gasteiger partial charge in [-0.15, -0.1) is 0 Å². The molecular formula is C20H27N5O3. The molecule has 150 valence electrons. The van der Waals surface area contributed by atoms with Gasteiger partial charge in [0.05, 0.1) is 42.9 Å². The number of ether oxygens (including phenoxy) is 2. The number of hydrogen-bond donors (Lipinski definition) is 3. The van der Waals surface area contributed by atoms with Crippen molar-refractivity contribution in [1.82, 2.24) is 9.97 Å². The van der Waals surface area contributed by atoms with Gasteiger partial charge in [-0.05, 0) is 32.0 Å². The predicted molar refractivity (Wildman–Crippen MR) is 108 cm³/mol. The summed E-state index contributed by atoms with van der Waals surface area (Å²) in [5, 5.41) is 9.55. The smallest absolute Gasteiger partial charge is 0.161 e. The molecule has 2 aliphatic rings. The summed E-state index contributed by atoms with van der Waals surface area (Å²) < 4.78 is 11.7. The third kappa shape index (κ3) is 3.17. The summed E-state index contributed by atoms with van der Waals surface area (Å²) in [6, 6.07) is 5.63. The highest BCUT2D eigenvalue weighted by Gasteiger charge is 2.41. The number of nitrogens with two attached hydrogens (primary N) is 2. The van der Waals surface area contributed by atoms with E-state index in [2.05, 4.69) is 11.8 Å². The summed E-state index contributed by atoms with van der Waals surface area (Å²) in [5.41, 5.74) is 14.9. The molecular weight excluding hydrogens is 358 g/mol. The lowest BCUT2D eigenvalue weighted by Gasteiger charge is -2.35. The predicted octanol–water partition coefficient (Wildman–Crippen LogP) is 1.66. The monoisotopic (exact) mass is 385 g/mol. The fourth-order valence-electron chi connectivity index (χ4n) is 3.87. The van der Waals surface area contributed by atoms with Crippen LogP contribution in [0.25, 0.3) is 11.4 Å². The van der Waals surface area contributed by atoms with E-state index in [9.17, 15) is 5.11 Å². The van der Waals surface area contributed by atoms with Gasteiger partial charge in [-0.2, -0.15) is 0 Å². The van der Waals surface area contributed by atoms with Gasteiger partial charge < -0.3 is 30.9 Å². The maximum Gasteiger partial charge on any atom is 0.161 e. The third-order valence-corrected chi connectivity index (χ3v) is 5.59. The van der Waals surface area contributed by atoms with E-state index in [1.54, 1.807) is 12.1 Å². The second kappa shape index (κ2) is 7.20. The maximum absolute atomic E-state index is 9.55. The minimum absolute atomic E-state index is 0.0212. The Morgan fingerprint density at radius 1 is 1.29 bits per heavy atom. The number of aliphatic hydroxyl groups is 1. The first-order valence-electron chi connectivity index (χ1n) is 9.59. The van der Waals surface area contributed by atoms with Crippen molar-refractivity contribution in [3.63, 3.8) is 0 Å². The Morgan fingerprint density at radius 2 is 2.11 bits per heavy atom. The summed E-state index contributed by atoms with van der Waals surface area (Å²) in [4.78, 5) is 12.0. The van der Waals surface area contributed by atoms with Gasteiger partial charge in [-0.3, -0.25) is 0 Å². The van der Waals surface area contributed by atoms with Crippen LogP contribution in [0.4, 0.5) is 17.2 Å². The van der Waals surface area contributed by atoms with Gasteiger partial charge in [0, 0.05) is 30.7 Å². The van der Waals surface area contributed by atoms with E-state index in [1.807, 2.05) is 13.0 Å². The van der Waals surface area contributed by atoms with Gasteiger partial charge in [0.25, 0.3) is 0 Å². The van der Waals surface area contributed by atoms with E-state index in [-0.39, 0.29) is 12.6 Å². The Labute approximate surface area is 164 Å². The number of nitrogen functional groups attached to an aromatic ring is 2. The van der Waals surface area contributed by atoms with Gasteiger partial charge in [0.2, 0.25) is 0 Å². The summed E-state index contributed by atoms with van der Waals surface area (Å²) >= 11 is 0. The molecule has 8 heteroatoms. The Morgan fingerprint density at radius 3 is 2.82 bits per heavy atom. The molecule has 2 aliphatic heterocycles. The van der Waals surface area contributed by atoms with Crippen molar-refractivity contribution >= 4 is 17.2 Å². The van der Waals surface area contributed by atoms with Crippen molar-refractivity contribution < 1.29 is 14.6 Å². The van der Waals surface area contributed by atoms with Crippen LogP contribution in [0.2, 0.25) is 0 Å². The molecule has 0 amide bonds. The molecule has 3 heterocycles. The van der Waals surface area contributed by atoms with Crippen molar-refractivity contribution in [2.24, 2.45) is 0 Å². The Balaban J connectivity index is 1.88. The number of rotatable bonds is 4. The minimum Gasteiger partial charge on any atom is -0.397 e. The Bertz CT molecular complexity index is 890. The molecule has 0 aliphatic carbocycles. The lowest BCUT2D eigenvalue weighted by atomic mass is 9.96. The first-order chi connectivity index (χ1) is 13.4. The van der Waals surface area contributed by atoms with Crippen molar-refractivity contribution in [3.05, 3.63) is 29.5 Å². The number of fused-ring (bicyclic) bond motifs is 1. The molecule has 0 spiro atoms. The number of morpholine rings is 1. The summed E-state index contributed by atoms with van der Waals surface area (Å²) in [6.07, 6.45) is 0.471. The summed E-state index contributed by atoms with van der Waals surface area (Å²) in [5.74, 6) is 1.45. The van der Waals surface area contributed by atoms with Crippen LogP contribution in [0.5, 0.6) is 0 Å². The first kappa shape index (κ1) is 18.9. The van der Waals surface area contributed by atoms with Crippen molar-refractivity contribution in [3.8, 4) is 11.4 Å². The van der Waals surface area contributed by atoms with Crippen LogP contribution in [0.15, 0.2) is 18.2 Å². The molecule has 0 radical (unpaired) electrons. The van der Waals surface area contributed by atoms with Crippen LogP contribution >= 0.6 is 0 Å². The lowest BCUT2D eigenvalue weighted by Crippen LogP contribution is -2.44. The largest absolute Gasteiger partial charge is 0.397 e. The van der Waals surface area contributed by atoms with Crippen LogP contribution in [0, 0.1) is 0 Å². The van der Waals surface area contributed by atoms with Crippen molar-refractivity contribution in [2.45, 2.75) is 38.5 Å². The summed E-state index contributed by atoms with van der Waals surface area (Å²) in [6.45, 7) is 6.60. The van der Waals surface area contributed by atoms with E-state index in [0.29, 0.717) is 43.4 Å². The topological polar surface area (TPSA) is 120 Å².